The Morgan fingerprint density at radius 3 is 2.48 bits per heavy atom. The van der Waals surface area contributed by atoms with Gasteiger partial charge in [-0.05, 0) is 57.0 Å². The number of ether oxygens (including phenoxy) is 1. The van der Waals surface area contributed by atoms with E-state index in [0.29, 0.717) is 11.5 Å². The Morgan fingerprint density at radius 2 is 1.76 bits per heavy atom. The zero-order chi connectivity index (χ0) is 18.0. The number of aryl methyl sites for hydroxylation is 2. The van der Waals surface area contributed by atoms with Crippen LogP contribution in [0.5, 0.6) is 0 Å². The van der Waals surface area contributed by atoms with Gasteiger partial charge < -0.3 is 9.15 Å². The zero-order valence-electron chi connectivity index (χ0n) is 14.7. The van der Waals surface area contributed by atoms with Gasteiger partial charge in [-0.15, -0.1) is 10.2 Å². The van der Waals surface area contributed by atoms with E-state index in [0.717, 1.165) is 22.3 Å². The molecule has 0 aliphatic heterocycles. The van der Waals surface area contributed by atoms with Crippen molar-refractivity contribution in [1.29, 1.82) is 0 Å². The number of hydrogen-bond acceptors (Lipinski definition) is 5. The summed E-state index contributed by atoms with van der Waals surface area (Å²) in [4.78, 5) is 12.4. The number of carbonyl (C=O) groups excluding carboxylic acids is 1. The van der Waals surface area contributed by atoms with E-state index in [1.807, 2.05) is 57.2 Å². The summed E-state index contributed by atoms with van der Waals surface area (Å²) in [5.41, 5.74) is 4.48. The van der Waals surface area contributed by atoms with Gasteiger partial charge in [0.1, 0.15) is 0 Å². The predicted octanol–water partition coefficient (Wildman–Crippen LogP) is 4.58. The highest BCUT2D eigenvalue weighted by molar-refractivity contribution is 5.91. The lowest BCUT2D eigenvalue weighted by molar-refractivity contribution is 0.0279. The van der Waals surface area contributed by atoms with E-state index in [2.05, 4.69) is 10.2 Å². The van der Waals surface area contributed by atoms with Crippen LogP contribution < -0.4 is 0 Å². The molecule has 128 valence electrons. The Labute approximate surface area is 146 Å². The van der Waals surface area contributed by atoms with Crippen molar-refractivity contribution in [2.75, 3.05) is 0 Å². The maximum absolute atomic E-state index is 12.4. The van der Waals surface area contributed by atoms with Crippen LogP contribution in [-0.4, -0.2) is 16.2 Å². The Morgan fingerprint density at radius 1 is 1.04 bits per heavy atom. The summed E-state index contributed by atoms with van der Waals surface area (Å²) in [7, 11) is 0. The quantitative estimate of drug-likeness (QED) is 0.652. The van der Waals surface area contributed by atoms with Crippen molar-refractivity contribution in [3.63, 3.8) is 0 Å². The molecular formula is C20H20N2O3. The molecule has 0 N–H and O–H groups in total. The molecule has 5 nitrogen and oxygen atoms in total. The first kappa shape index (κ1) is 16.9. The van der Waals surface area contributed by atoms with Crippen LogP contribution in [0.25, 0.3) is 11.5 Å². The molecule has 0 aliphatic rings. The first-order chi connectivity index (χ1) is 12.0. The van der Waals surface area contributed by atoms with E-state index in [9.17, 15) is 4.79 Å². The fourth-order valence-electron chi connectivity index (χ4n) is 2.46. The third-order valence-electron chi connectivity index (χ3n) is 4.20. The van der Waals surface area contributed by atoms with Gasteiger partial charge in [0.25, 0.3) is 5.89 Å². The molecule has 0 spiro atoms. The molecule has 3 aromatic rings. The normalized spacial score (nSPS) is 12.0. The summed E-state index contributed by atoms with van der Waals surface area (Å²) in [6.45, 7) is 7.59. The molecule has 0 bridgehead atoms. The number of nitrogens with zero attached hydrogens (tertiary/aromatic N) is 2. The Balaban J connectivity index is 1.75. The van der Waals surface area contributed by atoms with Crippen LogP contribution in [0.1, 0.15) is 46.0 Å². The van der Waals surface area contributed by atoms with E-state index in [1.54, 1.807) is 13.0 Å². The van der Waals surface area contributed by atoms with Crippen LogP contribution in [0.3, 0.4) is 0 Å². The molecule has 0 saturated carbocycles. The molecule has 0 fully saturated rings. The molecule has 0 amide bonds. The number of carbonyl (C=O) groups is 1. The number of aromatic nitrogens is 2. The minimum absolute atomic E-state index is 0.272. The van der Waals surface area contributed by atoms with Crippen LogP contribution in [-0.2, 0) is 4.74 Å². The van der Waals surface area contributed by atoms with Crippen molar-refractivity contribution in [1.82, 2.24) is 10.2 Å². The second-order valence-electron chi connectivity index (χ2n) is 6.11. The maximum Gasteiger partial charge on any atom is 0.339 e. The van der Waals surface area contributed by atoms with E-state index < -0.39 is 12.1 Å². The number of esters is 1. The molecule has 5 heteroatoms. The highest BCUT2D eigenvalue weighted by Crippen LogP contribution is 2.24. The number of benzene rings is 2. The summed E-state index contributed by atoms with van der Waals surface area (Å²) in [6, 6.07) is 13.3. The van der Waals surface area contributed by atoms with Gasteiger partial charge in [-0.2, -0.15) is 0 Å². The lowest BCUT2D eigenvalue weighted by atomic mass is 10.0. The fraction of sp³-hybridized carbons (Fsp3) is 0.250. The lowest BCUT2D eigenvalue weighted by Gasteiger charge is -2.12. The van der Waals surface area contributed by atoms with Crippen LogP contribution in [0, 0.1) is 20.8 Å². The Bertz CT molecular complexity index is 898. The summed E-state index contributed by atoms with van der Waals surface area (Å²) in [6.07, 6.45) is -0.626. The third kappa shape index (κ3) is 3.60. The monoisotopic (exact) mass is 336 g/mol. The SMILES string of the molecule is Cc1ccc(-c2nnc([C@H](C)OC(=O)c3cccc(C)c3C)o2)cc1. The van der Waals surface area contributed by atoms with E-state index in [4.69, 9.17) is 9.15 Å². The molecule has 0 unspecified atom stereocenters. The van der Waals surface area contributed by atoms with Gasteiger partial charge in [-0.1, -0.05) is 29.8 Å². The first-order valence-corrected chi connectivity index (χ1v) is 8.13. The van der Waals surface area contributed by atoms with Gasteiger partial charge in [-0.3, -0.25) is 0 Å². The smallest absolute Gasteiger partial charge is 0.339 e. The topological polar surface area (TPSA) is 65.2 Å². The van der Waals surface area contributed by atoms with Crippen LogP contribution >= 0.6 is 0 Å². The molecule has 25 heavy (non-hydrogen) atoms. The third-order valence-corrected chi connectivity index (χ3v) is 4.20. The van der Waals surface area contributed by atoms with Gasteiger partial charge in [0.15, 0.2) is 6.10 Å². The van der Waals surface area contributed by atoms with Crippen molar-refractivity contribution in [2.24, 2.45) is 0 Å². The molecule has 3 rings (SSSR count). The molecule has 1 atom stereocenters. The minimum Gasteiger partial charge on any atom is -0.449 e. The standard InChI is InChI=1S/C20H20N2O3/c1-12-8-10-16(11-9-12)19-22-21-18(25-19)15(4)24-20(23)17-7-5-6-13(2)14(17)3/h5-11,15H,1-4H3/t15-/m0/s1. The van der Waals surface area contributed by atoms with Gasteiger partial charge in [0.05, 0.1) is 5.56 Å². The summed E-state index contributed by atoms with van der Waals surface area (Å²) < 4.78 is 11.2. The Hall–Kier alpha value is -2.95. The fourth-order valence-corrected chi connectivity index (χ4v) is 2.46. The van der Waals surface area contributed by atoms with E-state index >= 15 is 0 Å². The summed E-state index contributed by atoms with van der Waals surface area (Å²) >= 11 is 0. The van der Waals surface area contributed by atoms with Gasteiger partial charge in [-0.25, -0.2) is 4.79 Å². The molecule has 0 saturated heterocycles. The average molecular weight is 336 g/mol. The van der Waals surface area contributed by atoms with Crippen LogP contribution in [0.4, 0.5) is 0 Å². The van der Waals surface area contributed by atoms with Crippen LogP contribution in [0.2, 0.25) is 0 Å². The van der Waals surface area contributed by atoms with Crippen LogP contribution in [0.15, 0.2) is 46.9 Å². The Kier molecular flexibility index (Phi) is 4.65. The average Bonchev–Trinajstić information content (AvgIpc) is 3.08. The number of hydrogen-bond donors (Lipinski definition) is 0. The largest absolute Gasteiger partial charge is 0.449 e. The summed E-state index contributed by atoms with van der Waals surface area (Å²) in [5, 5.41) is 8.05. The first-order valence-electron chi connectivity index (χ1n) is 8.13. The summed E-state index contributed by atoms with van der Waals surface area (Å²) in [5.74, 6) is 0.280. The lowest BCUT2D eigenvalue weighted by Crippen LogP contribution is -2.11. The highest BCUT2D eigenvalue weighted by atomic mass is 16.6. The zero-order valence-corrected chi connectivity index (χ0v) is 14.7. The molecular weight excluding hydrogens is 316 g/mol. The van der Waals surface area contributed by atoms with Crippen molar-refractivity contribution >= 4 is 5.97 Å². The number of rotatable bonds is 4. The molecule has 0 radical (unpaired) electrons. The molecule has 0 aliphatic carbocycles. The van der Waals surface area contributed by atoms with Crippen molar-refractivity contribution in [2.45, 2.75) is 33.8 Å². The van der Waals surface area contributed by atoms with Crippen molar-refractivity contribution in [3.8, 4) is 11.5 Å². The van der Waals surface area contributed by atoms with Gasteiger partial charge >= 0.3 is 5.97 Å². The molecule has 1 heterocycles. The predicted molar refractivity (Wildman–Crippen MR) is 94.2 cm³/mol. The minimum atomic E-state index is -0.626. The van der Waals surface area contributed by atoms with E-state index in [1.165, 1.54) is 0 Å². The second-order valence-corrected chi connectivity index (χ2v) is 6.11. The van der Waals surface area contributed by atoms with Crippen molar-refractivity contribution in [3.05, 3.63) is 70.6 Å². The maximum atomic E-state index is 12.4. The highest BCUT2D eigenvalue weighted by Gasteiger charge is 2.21. The van der Waals surface area contributed by atoms with Gasteiger partial charge in [0, 0.05) is 5.56 Å². The van der Waals surface area contributed by atoms with Crippen molar-refractivity contribution < 1.29 is 13.9 Å². The molecule has 1 aromatic heterocycles. The molecule has 2 aromatic carbocycles. The second kappa shape index (κ2) is 6.89. The van der Waals surface area contributed by atoms with E-state index in [-0.39, 0.29) is 5.89 Å². The van der Waals surface area contributed by atoms with Gasteiger partial charge in [0.2, 0.25) is 5.89 Å².